The van der Waals surface area contributed by atoms with Crippen LogP contribution in [0.5, 0.6) is 0 Å². The Balaban J connectivity index is 1.99. The van der Waals surface area contributed by atoms with Crippen LogP contribution in [0.3, 0.4) is 0 Å². The van der Waals surface area contributed by atoms with Gasteiger partial charge in [0.15, 0.2) is 0 Å². The maximum absolute atomic E-state index is 12.1. The lowest BCUT2D eigenvalue weighted by Crippen LogP contribution is -2.28. The quantitative estimate of drug-likeness (QED) is 0.310. The summed E-state index contributed by atoms with van der Waals surface area (Å²) in [5.41, 5.74) is 7.12. The molecule has 0 aliphatic heterocycles. The molecule has 6 N–H and O–H groups in total. The molecule has 1 aromatic rings. The van der Waals surface area contributed by atoms with Crippen molar-refractivity contribution in [1.82, 2.24) is 16.0 Å². The first kappa shape index (κ1) is 21.4. The van der Waals surface area contributed by atoms with Crippen molar-refractivity contribution in [2.24, 2.45) is 5.73 Å². The van der Waals surface area contributed by atoms with E-state index < -0.39 is 0 Å². The number of anilines is 1. The van der Waals surface area contributed by atoms with E-state index in [2.05, 4.69) is 21.3 Å². The predicted octanol–water partition coefficient (Wildman–Crippen LogP) is 1.55. The van der Waals surface area contributed by atoms with Gasteiger partial charge in [0.05, 0.1) is 0 Å². The van der Waals surface area contributed by atoms with Crippen LogP contribution in [0.1, 0.15) is 43.0 Å². The Morgan fingerprint density at radius 1 is 0.960 bits per heavy atom. The van der Waals surface area contributed by atoms with Gasteiger partial charge < -0.3 is 27.0 Å². The molecule has 0 aliphatic carbocycles. The van der Waals surface area contributed by atoms with E-state index in [1.54, 1.807) is 0 Å². The molecule has 1 aromatic carbocycles. The van der Waals surface area contributed by atoms with Gasteiger partial charge in [0, 0.05) is 24.3 Å². The Kier molecular flexibility index (Phi) is 12.6. The average Bonchev–Trinajstić information content (AvgIpc) is 2.63. The van der Waals surface area contributed by atoms with Crippen molar-refractivity contribution in [3.05, 3.63) is 29.8 Å². The lowest BCUT2D eigenvalue weighted by molar-refractivity contribution is 0.0953. The lowest BCUT2D eigenvalue weighted by atomic mass is 10.2. The zero-order chi connectivity index (χ0) is 18.2. The van der Waals surface area contributed by atoms with E-state index in [0.717, 1.165) is 57.8 Å². The van der Waals surface area contributed by atoms with Gasteiger partial charge >= 0.3 is 0 Å². The highest BCUT2D eigenvalue weighted by atomic mass is 16.1. The zero-order valence-corrected chi connectivity index (χ0v) is 15.6. The van der Waals surface area contributed by atoms with E-state index in [1.165, 1.54) is 12.8 Å². The number of benzene rings is 1. The Hall–Kier alpha value is -1.63. The second-order valence-corrected chi connectivity index (χ2v) is 6.07. The molecule has 6 nitrogen and oxygen atoms in total. The molecule has 142 valence electrons. The molecule has 0 radical (unpaired) electrons. The summed E-state index contributed by atoms with van der Waals surface area (Å²) >= 11 is 0. The average molecular weight is 350 g/mol. The predicted molar refractivity (Wildman–Crippen MR) is 106 cm³/mol. The van der Waals surface area contributed by atoms with Crippen molar-refractivity contribution < 1.29 is 4.79 Å². The van der Waals surface area contributed by atoms with E-state index in [1.807, 2.05) is 31.2 Å². The number of nitrogens with two attached hydrogens (primary N) is 1. The number of hydrogen-bond donors (Lipinski definition) is 5. The van der Waals surface area contributed by atoms with Gasteiger partial charge in [0.1, 0.15) is 0 Å². The summed E-state index contributed by atoms with van der Waals surface area (Å²) in [4.78, 5) is 12.1. The lowest BCUT2D eigenvalue weighted by Gasteiger charge is -2.08. The van der Waals surface area contributed by atoms with Crippen LogP contribution in [0, 0.1) is 0 Å². The summed E-state index contributed by atoms with van der Waals surface area (Å²) in [6, 6.07) is 7.60. The van der Waals surface area contributed by atoms with Crippen molar-refractivity contribution >= 4 is 11.6 Å². The molecule has 0 heterocycles. The molecule has 0 atom stereocenters. The van der Waals surface area contributed by atoms with E-state index in [4.69, 9.17) is 5.73 Å². The first-order valence-electron chi connectivity index (χ1n) is 9.51. The molecular weight excluding hydrogens is 314 g/mol. The fourth-order valence-electron chi connectivity index (χ4n) is 2.47. The molecule has 0 aromatic heterocycles. The highest BCUT2D eigenvalue weighted by Gasteiger charge is 2.05. The van der Waals surface area contributed by atoms with Crippen LogP contribution >= 0.6 is 0 Å². The molecule has 0 fully saturated rings. The molecule has 1 rings (SSSR count). The highest BCUT2D eigenvalue weighted by molar-refractivity contribution is 5.95. The Morgan fingerprint density at radius 3 is 2.32 bits per heavy atom. The maximum atomic E-state index is 12.1. The van der Waals surface area contributed by atoms with Gasteiger partial charge in [-0.15, -0.1) is 0 Å². The maximum Gasteiger partial charge on any atom is 0.251 e. The van der Waals surface area contributed by atoms with Crippen LogP contribution in [-0.4, -0.2) is 51.7 Å². The number of unbranched alkanes of at least 4 members (excludes halogenated alkanes) is 1. The summed E-state index contributed by atoms with van der Waals surface area (Å²) in [5, 5.41) is 13.0. The van der Waals surface area contributed by atoms with Gasteiger partial charge in [-0.25, -0.2) is 0 Å². The van der Waals surface area contributed by atoms with E-state index in [-0.39, 0.29) is 5.91 Å². The molecule has 6 heteroatoms. The third-order valence-corrected chi connectivity index (χ3v) is 3.84. The third kappa shape index (κ3) is 10.8. The van der Waals surface area contributed by atoms with Gasteiger partial charge in [0.25, 0.3) is 5.91 Å². The fraction of sp³-hybridized carbons (Fsp3) is 0.632. The summed E-state index contributed by atoms with van der Waals surface area (Å²) in [5.74, 6) is -0.0108. The molecular formula is C19H35N5O. The van der Waals surface area contributed by atoms with Crippen molar-refractivity contribution in [1.29, 1.82) is 0 Å². The molecule has 0 bridgehead atoms. The minimum absolute atomic E-state index is 0.0108. The summed E-state index contributed by atoms with van der Waals surface area (Å²) in [7, 11) is 0. The van der Waals surface area contributed by atoms with E-state index >= 15 is 0 Å². The molecule has 0 saturated carbocycles. The van der Waals surface area contributed by atoms with Crippen molar-refractivity contribution in [3.63, 3.8) is 0 Å². The number of carbonyl (C=O) groups is 1. The number of amides is 1. The minimum Gasteiger partial charge on any atom is -0.385 e. The second-order valence-electron chi connectivity index (χ2n) is 6.07. The SMILES string of the molecule is CCNc1cccc(C(=O)NCCCNCCCCNCCCN)c1. The number of hydrogen-bond acceptors (Lipinski definition) is 5. The Bertz CT molecular complexity index is 467. The molecule has 0 saturated heterocycles. The fourth-order valence-corrected chi connectivity index (χ4v) is 2.47. The normalized spacial score (nSPS) is 10.6. The van der Waals surface area contributed by atoms with Gasteiger partial charge in [0.2, 0.25) is 0 Å². The Morgan fingerprint density at radius 2 is 1.64 bits per heavy atom. The smallest absolute Gasteiger partial charge is 0.251 e. The van der Waals surface area contributed by atoms with Gasteiger partial charge in [-0.2, -0.15) is 0 Å². The van der Waals surface area contributed by atoms with E-state index in [0.29, 0.717) is 12.1 Å². The van der Waals surface area contributed by atoms with Crippen molar-refractivity contribution in [2.45, 2.75) is 32.6 Å². The molecule has 0 unspecified atom stereocenters. The number of rotatable bonds is 15. The summed E-state index contributed by atoms with van der Waals surface area (Å²) in [6.07, 6.45) is 4.33. The van der Waals surface area contributed by atoms with Gasteiger partial charge in [-0.05, 0) is 83.5 Å². The number of carbonyl (C=O) groups excluding carboxylic acids is 1. The van der Waals surface area contributed by atoms with Crippen molar-refractivity contribution in [2.75, 3.05) is 51.1 Å². The monoisotopic (exact) mass is 349 g/mol. The van der Waals surface area contributed by atoms with Crippen LogP contribution in [-0.2, 0) is 0 Å². The molecule has 25 heavy (non-hydrogen) atoms. The third-order valence-electron chi connectivity index (χ3n) is 3.84. The van der Waals surface area contributed by atoms with Gasteiger partial charge in [-0.1, -0.05) is 6.07 Å². The molecule has 0 aliphatic rings. The topological polar surface area (TPSA) is 91.2 Å². The van der Waals surface area contributed by atoms with Crippen LogP contribution in [0.25, 0.3) is 0 Å². The van der Waals surface area contributed by atoms with Crippen LogP contribution in [0.15, 0.2) is 24.3 Å². The standard InChI is InChI=1S/C19H35N5O/c1-2-23-18-9-5-8-17(16-18)19(25)24-15-7-14-22-12-4-3-11-21-13-6-10-20/h5,8-9,16,21-23H,2-4,6-7,10-15,20H2,1H3,(H,24,25). The largest absolute Gasteiger partial charge is 0.385 e. The highest BCUT2D eigenvalue weighted by Crippen LogP contribution is 2.10. The van der Waals surface area contributed by atoms with Gasteiger partial charge in [-0.3, -0.25) is 4.79 Å². The Labute approximate surface area is 152 Å². The van der Waals surface area contributed by atoms with Crippen LogP contribution < -0.4 is 27.0 Å². The summed E-state index contributed by atoms with van der Waals surface area (Å²) < 4.78 is 0. The first-order valence-corrected chi connectivity index (χ1v) is 9.51. The molecule has 0 spiro atoms. The summed E-state index contributed by atoms with van der Waals surface area (Å²) in [6.45, 7) is 8.36. The van der Waals surface area contributed by atoms with E-state index in [9.17, 15) is 4.79 Å². The first-order chi connectivity index (χ1) is 12.3. The zero-order valence-electron chi connectivity index (χ0n) is 15.6. The van der Waals surface area contributed by atoms with Crippen LogP contribution in [0.4, 0.5) is 5.69 Å². The second kappa shape index (κ2) is 14.7. The molecule has 1 amide bonds. The van der Waals surface area contributed by atoms with Crippen molar-refractivity contribution in [3.8, 4) is 0 Å². The number of nitrogens with one attached hydrogen (secondary N) is 4. The van der Waals surface area contributed by atoms with Crippen LogP contribution in [0.2, 0.25) is 0 Å². The minimum atomic E-state index is -0.0108.